The zero-order valence-electron chi connectivity index (χ0n) is 10.9. The van der Waals surface area contributed by atoms with Gasteiger partial charge in [-0.1, -0.05) is 0 Å². The van der Waals surface area contributed by atoms with Crippen LogP contribution < -0.4 is 0 Å². The average molecular weight is 415 g/mol. The molecule has 0 radical (unpaired) electrons. The van der Waals surface area contributed by atoms with E-state index in [-0.39, 0.29) is 0 Å². The summed E-state index contributed by atoms with van der Waals surface area (Å²) < 4.78 is 27.5. The third kappa shape index (κ3) is 3.45. The Morgan fingerprint density at radius 1 is 1.35 bits per heavy atom. The highest BCUT2D eigenvalue weighted by atomic mass is 79.9. The molecule has 0 aliphatic rings. The van der Waals surface area contributed by atoms with Gasteiger partial charge in [-0.15, -0.1) is 34.3 Å². The number of sulfonamides is 1. The largest absolute Gasteiger partial charge is 0.244 e. The molecule has 0 aromatic carbocycles. The van der Waals surface area contributed by atoms with E-state index in [1.165, 1.54) is 27.0 Å². The minimum Gasteiger partial charge on any atom is -0.207 e. The van der Waals surface area contributed by atoms with Gasteiger partial charge < -0.3 is 0 Å². The SMILES string of the molecule is Cc1sc(CCl)cc1S(=O)(=O)N(C)Cc1cc(Br)cs1. The molecule has 0 aliphatic heterocycles. The number of halogens is 2. The van der Waals surface area contributed by atoms with Crippen LogP contribution in [-0.2, 0) is 22.4 Å². The second-order valence-corrected chi connectivity index (χ2v) is 9.79. The second-order valence-electron chi connectivity index (χ2n) is 4.26. The minimum absolute atomic E-state index is 0.336. The van der Waals surface area contributed by atoms with Crippen molar-refractivity contribution in [3.05, 3.63) is 36.6 Å². The first-order valence-electron chi connectivity index (χ1n) is 5.69. The summed E-state index contributed by atoms with van der Waals surface area (Å²) in [5, 5.41) is 1.94. The molecule has 8 heteroatoms. The standard InChI is InChI=1S/C12H13BrClNO2S3/c1-8-12(4-10(5-14)19-8)20(16,17)15(2)6-11-3-9(13)7-18-11/h3-4,7H,5-6H2,1-2H3. The van der Waals surface area contributed by atoms with Crippen molar-refractivity contribution in [2.24, 2.45) is 0 Å². The summed E-state index contributed by atoms with van der Waals surface area (Å²) in [6, 6.07) is 3.60. The Balaban J connectivity index is 2.26. The van der Waals surface area contributed by atoms with E-state index in [1.807, 2.05) is 18.4 Å². The van der Waals surface area contributed by atoms with Crippen LogP contribution in [0.15, 0.2) is 26.9 Å². The predicted octanol–water partition coefficient (Wildman–Crippen LogP) is 4.44. The lowest BCUT2D eigenvalue weighted by Crippen LogP contribution is -2.26. The lowest BCUT2D eigenvalue weighted by Gasteiger charge is -2.16. The van der Waals surface area contributed by atoms with Crippen LogP contribution in [0.4, 0.5) is 0 Å². The van der Waals surface area contributed by atoms with Crippen LogP contribution in [-0.4, -0.2) is 19.8 Å². The molecule has 0 spiro atoms. The van der Waals surface area contributed by atoms with E-state index in [0.29, 0.717) is 17.3 Å². The molecule has 0 atom stereocenters. The Hall–Kier alpha value is 0.0800. The van der Waals surface area contributed by atoms with Gasteiger partial charge in [0.05, 0.1) is 10.8 Å². The molecule has 0 saturated carbocycles. The van der Waals surface area contributed by atoms with Gasteiger partial charge in [-0.2, -0.15) is 4.31 Å². The van der Waals surface area contributed by atoms with Gasteiger partial charge in [0.1, 0.15) is 0 Å². The molecule has 2 aromatic heterocycles. The maximum absolute atomic E-state index is 12.6. The van der Waals surface area contributed by atoms with Crippen molar-refractivity contribution in [2.45, 2.75) is 24.2 Å². The van der Waals surface area contributed by atoms with Crippen LogP contribution in [0, 0.1) is 6.92 Å². The summed E-state index contributed by atoms with van der Waals surface area (Å²) in [6.45, 7) is 2.17. The van der Waals surface area contributed by atoms with Gasteiger partial charge >= 0.3 is 0 Å². The summed E-state index contributed by atoms with van der Waals surface area (Å²) >= 11 is 12.1. The highest BCUT2D eigenvalue weighted by molar-refractivity contribution is 9.10. The highest BCUT2D eigenvalue weighted by Gasteiger charge is 2.25. The van der Waals surface area contributed by atoms with E-state index in [1.54, 1.807) is 13.1 Å². The maximum Gasteiger partial charge on any atom is 0.244 e. The topological polar surface area (TPSA) is 37.4 Å². The first kappa shape index (κ1) is 16.5. The molecular weight excluding hydrogens is 402 g/mol. The predicted molar refractivity (Wildman–Crippen MR) is 89.3 cm³/mol. The van der Waals surface area contributed by atoms with Crippen molar-refractivity contribution >= 4 is 60.2 Å². The fourth-order valence-electron chi connectivity index (χ4n) is 1.76. The highest BCUT2D eigenvalue weighted by Crippen LogP contribution is 2.30. The van der Waals surface area contributed by atoms with Crippen LogP contribution in [0.2, 0.25) is 0 Å². The van der Waals surface area contributed by atoms with Crippen LogP contribution in [0.25, 0.3) is 0 Å². The quantitative estimate of drug-likeness (QED) is 0.678. The van der Waals surface area contributed by atoms with E-state index in [9.17, 15) is 8.42 Å². The molecule has 20 heavy (non-hydrogen) atoms. The molecule has 110 valence electrons. The van der Waals surface area contributed by atoms with Gasteiger partial charge in [-0.25, -0.2) is 8.42 Å². The van der Waals surface area contributed by atoms with E-state index in [2.05, 4.69) is 15.9 Å². The monoisotopic (exact) mass is 413 g/mol. The summed E-state index contributed by atoms with van der Waals surface area (Å²) in [7, 11) is -1.87. The summed E-state index contributed by atoms with van der Waals surface area (Å²) in [6.07, 6.45) is 0. The van der Waals surface area contributed by atoms with Gasteiger partial charge in [-0.3, -0.25) is 0 Å². The van der Waals surface area contributed by atoms with Crippen molar-refractivity contribution in [3.63, 3.8) is 0 Å². The molecule has 2 heterocycles. The maximum atomic E-state index is 12.6. The van der Waals surface area contributed by atoms with E-state index < -0.39 is 10.0 Å². The Morgan fingerprint density at radius 3 is 2.55 bits per heavy atom. The van der Waals surface area contributed by atoms with E-state index >= 15 is 0 Å². The molecule has 2 rings (SSSR count). The number of alkyl halides is 1. The fourth-order valence-corrected chi connectivity index (χ4v) is 6.18. The third-order valence-electron chi connectivity index (χ3n) is 2.74. The van der Waals surface area contributed by atoms with E-state index in [4.69, 9.17) is 11.6 Å². The third-order valence-corrected chi connectivity index (χ3v) is 7.98. The number of hydrogen-bond acceptors (Lipinski definition) is 4. The summed E-state index contributed by atoms with van der Waals surface area (Å²) in [5.41, 5.74) is 0. The molecule has 0 unspecified atom stereocenters. The molecule has 0 amide bonds. The molecule has 0 N–H and O–H groups in total. The van der Waals surface area contributed by atoms with Crippen molar-refractivity contribution in [1.29, 1.82) is 0 Å². The average Bonchev–Trinajstić information content (AvgIpc) is 2.95. The van der Waals surface area contributed by atoms with Gasteiger partial charge in [-0.05, 0) is 35.0 Å². The molecule has 3 nitrogen and oxygen atoms in total. The number of nitrogens with zero attached hydrogens (tertiary/aromatic N) is 1. The molecule has 0 saturated heterocycles. The number of rotatable bonds is 5. The van der Waals surface area contributed by atoms with Crippen LogP contribution in [0.3, 0.4) is 0 Å². The number of thiophene rings is 2. The first-order chi connectivity index (χ1) is 9.34. The molecule has 0 bridgehead atoms. The summed E-state index contributed by atoms with van der Waals surface area (Å²) in [4.78, 5) is 3.00. The zero-order valence-corrected chi connectivity index (χ0v) is 15.7. The van der Waals surface area contributed by atoms with Crippen LogP contribution in [0.1, 0.15) is 14.6 Å². The normalized spacial score (nSPS) is 12.2. The zero-order chi connectivity index (χ0) is 14.9. The Kier molecular flexibility index (Phi) is 5.31. The second kappa shape index (κ2) is 6.46. The summed E-state index contributed by atoms with van der Waals surface area (Å²) in [5.74, 6) is 0.336. The lowest BCUT2D eigenvalue weighted by atomic mass is 10.4. The molecule has 0 aliphatic carbocycles. The number of hydrogen-bond donors (Lipinski definition) is 0. The molecule has 2 aromatic rings. The Morgan fingerprint density at radius 2 is 2.05 bits per heavy atom. The Bertz CT molecular complexity index is 708. The van der Waals surface area contributed by atoms with E-state index in [0.717, 1.165) is 19.1 Å². The first-order valence-corrected chi connectivity index (χ1v) is 10.2. The number of aryl methyl sites for hydroxylation is 1. The van der Waals surface area contributed by atoms with Crippen molar-refractivity contribution in [2.75, 3.05) is 7.05 Å². The van der Waals surface area contributed by atoms with Crippen LogP contribution in [0.5, 0.6) is 0 Å². The van der Waals surface area contributed by atoms with Gasteiger partial charge in [0.25, 0.3) is 0 Å². The van der Waals surface area contributed by atoms with Crippen molar-refractivity contribution < 1.29 is 8.42 Å². The van der Waals surface area contributed by atoms with Gasteiger partial charge in [0.2, 0.25) is 10.0 Å². The van der Waals surface area contributed by atoms with Crippen molar-refractivity contribution in [3.8, 4) is 0 Å². The molecular formula is C12H13BrClNO2S3. The van der Waals surface area contributed by atoms with Crippen LogP contribution >= 0.6 is 50.2 Å². The molecule has 0 fully saturated rings. The smallest absolute Gasteiger partial charge is 0.207 e. The van der Waals surface area contributed by atoms with Crippen molar-refractivity contribution in [1.82, 2.24) is 4.31 Å². The fraction of sp³-hybridized carbons (Fsp3) is 0.333. The van der Waals surface area contributed by atoms with Gasteiger partial charge in [0, 0.05) is 38.1 Å². The minimum atomic E-state index is -3.47. The lowest BCUT2D eigenvalue weighted by molar-refractivity contribution is 0.469. The Labute approximate surface area is 140 Å². The van der Waals surface area contributed by atoms with Gasteiger partial charge in [0.15, 0.2) is 0 Å².